The van der Waals surface area contributed by atoms with Gasteiger partial charge in [0.2, 0.25) is 0 Å². The molecule has 0 fully saturated rings. The van der Waals surface area contributed by atoms with E-state index in [2.05, 4.69) is 5.32 Å². The van der Waals surface area contributed by atoms with Gasteiger partial charge in [0.1, 0.15) is 11.5 Å². The molecule has 0 aliphatic carbocycles. The van der Waals surface area contributed by atoms with Crippen LogP contribution in [0.4, 0.5) is 5.69 Å². The van der Waals surface area contributed by atoms with Crippen LogP contribution in [0.5, 0.6) is 11.5 Å². The molecule has 1 N–H and O–H groups in total. The number of carbonyl (C=O) groups excluding carboxylic acids is 2. The lowest BCUT2D eigenvalue weighted by Crippen LogP contribution is -2.23. The number of hydrogen-bond acceptors (Lipinski definition) is 5. The van der Waals surface area contributed by atoms with E-state index < -0.39 is 18.5 Å². The summed E-state index contributed by atoms with van der Waals surface area (Å²) in [5.41, 5.74) is 0.527. The summed E-state index contributed by atoms with van der Waals surface area (Å²) in [6.07, 6.45) is 0. The Morgan fingerprint density at radius 3 is 2.32 bits per heavy atom. The number of esters is 1. The zero-order valence-electron chi connectivity index (χ0n) is 13.7. The van der Waals surface area contributed by atoms with Crippen LogP contribution in [-0.2, 0) is 14.3 Å². The molecule has 2 aromatic rings. The maximum absolute atomic E-state index is 11.7. The first-order valence-electron chi connectivity index (χ1n) is 7.63. The highest BCUT2D eigenvalue weighted by atomic mass is 35.5. The molecule has 7 heteroatoms. The molecule has 0 aromatic heterocycles. The number of nitrogens with one attached hydrogen (secondary N) is 1. The van der Waals surface area contributed by atoms with Gasteiger partial charge in [-0.25, -0.2) is 4.79 Å². The number of amides is 1. The molecule has 0 spiro atoms. The lowest BCUT2D eigenvalue weighted by Gasteiger charge is -2.09. The van der Waals surface area contributed by atoms with E-state index in [1.807, 2.05) is 6.92 Å². The van der Waals surface area contributed by atoms with Gasteiger partial charge in [0.25, 0.3) is 5.91 Å². The maximum atomic E-state index is 11.7. The molecule has 0 unspecified atom stereocenters. The minimum Gasteiger partial charge on any atom is -0.494 e. The van der Waals surface area contributed by atoms with Gasteiger partial charge in [0.15, 0.2) is 13.2 Å². The van der Waals surface area contributed by atoms with Crippen molar-refractivity contribution in [2.24, 2.45) is 0 Å². The van der Waals surface area contributed by atoms with Gasteiger partial charge in [-0.2, -0.15) is 0 Å². The predicted molar refractivity (Wildman–Crippen MR) is 94.1 cm³/mol. The fourth-order valence-corrected chi connectivity index (χ4v) is 2.08. The van der Waals surface area contributed by atoms with Crippen molar-refractivity contribution in [2.45, 2.75) is 6.92 Å². The maximum Gasteiger partial charge on any atom is 0.344 e. The van der Waals surface area contributed by atoms with Crippen molar-refractivity contribution in [2.75, 3.05) is 25.1 Å². The van der Waals surface area contributed by atoms with Gasteiger partial charge >= 0.3 is 5.97 Å². The Balaban J connectivity index is 1.70. The zero-order valence-corrected chi connectivity index (χ0v) is 14.4. The van der Waals surface area contributed by atoms with Gasteiger partial charge in [-0.3, -0.25) is 4.79 Å². The highest BCUT2D eigenvalue weighted by Gasteiger charge is 2.09. The quantitative estimate of drug-likeness (QED) is 0.728. The first-order valence-corrected chi connectivity index (χ1v) is 8.01. The molecule has 0 atom stereocenters. The summed E-state index contributed by atoms with van der Waals surface area (Å²) in [5, 5.41) is 3.07. The van der Waals surface area contributed by atoms with Crippen LogP contribution in [0, 0.1) is 0 Å². The summed E-state index contributed by atoms with van der Waals surface area (Å²) in [5.74, 6) is 0.116. The summed E-state index contributed by atoms with van der Waals surface area (Å²) in [7, 11) is 0. The van der Waals surface area contributed by atoms with Gasteiger partial charge < -0.3 is 19.5 Å². The molecule has 0 heterocycles. The zero-order chi connectivity index (χ0) is 18.1. The molecular weight excluding hydrogens is 346 g/mol. The highest BCUT2D eigenvalue weighted by molar-refractivity contribution is 6.30. The largest absolute Gasteiger partial charge is 0.494 e. The van der Waals surface area contributed by atoms with Crippen LogP contribution in [0.1, 0.15) is 6.92 Å². The first-order chi connectivity index (χ1) is 12.1. The summed E-state index contributed by atoms with van der Waals surface area (Å²) in [6.45, 7) is 1.77. The molecule has 0 saturated heterocycles. The topological polar surface area (TPSA) is 73.9 Å². The summed E-state index contributed by atoms with van der Waals surface area (Å²) >= 11 is 5.82. The molecule has 0 radical (unpaired) electrons. The van der Waals surface area contributed by atoms with Gasteiger partial charge in [-0.05, 0) is 49.4 Å². The van der Waals surface area contributed by atoms with Gasteiger partial charge in [-0.1, -0.05) is 17.7 Å². The molecule has 132 valence electrons. The molecule has 0 aliphatic heterocycles. The molecular formula is C18H18ClNO5. The van der Waals surface area contributed by atoms with Crippen molar-refractivity contribution < 1.29 is 23.8 Å². The van der Waals surface area contributed by atoms with Crippen LogP contribution in [0.15, 0.2) is 48.5 Å². The van der Waals surface area contributed by atoms with Gasteiger partial charge in [0, 0.05) is 10.7 Å². The molecule has 0 aliphatic rings. The average molecular weight is 364 g/mol. The molecule has 2 aromatic carbocycles. The Morgan fingerprint density at radius 1 is 1.00 bits per heavy atom. The van der Waals surface area contributed by atoms with E-state index in [4.69, 9.17) is 25.8 Å². The average Bonchev–Trinajstić information content (AvgIpc) is 2.60. The van der Waals surface area contributed by atoms with Crippen molar-refractivity contribution in [3.05, 3.63) is 53.6 Å². The monoisotopic (exact) mass is 363 g/mol. The van der Waals surface area contributed by atoms with E-state index in [-0.39, 0.29) is 6.61 Å². The highest BCUT2D eigenvalue weighted by Crippen LogP contribution is 2.17. The third kappa shape index (κ3) is 6.73. The minimum atomic E-state index is -0.643. The van der Waals surface area contributed by atoms with Crippen molar-refractivity contribution in [3.8, 4) is 11.5 Å². The normalized spacial score (nSPS) is 10.0. The van der Waals surface area contributed by atoms with E-state index >= 15 is 0 Å². The number of hydrogen-bond donors (Lipinski definition) is 1. The molecule has 6 nitrogen and oxygen atoms in total. The van der Waals surface area contributed by atoms with Gasteiger partial charge in [0.05, 0.1) is 6.61 Å². The minimum absolute atomic E-state index is 0.293. The third-order valence-electron chi connectivity index (χ3n) is 2.96. The second kappa shape index (κ2) is 9.54. The summed E-state index contributed by atoms with van der Waals surface area (Å²) < 4.78 is 15.5. The predicted octanol–water partition coefficient (Wildman–Crippen LogP) is 3.30. The second-order valence-corrected chi connectivity index (χ2v) is 5.35. The first kappa shape index (κ1) is 18.6. The number of anilines is 1. The van der Waals surface area contributed by atoms with E-state index in [0.29, 0.717) is 23.1 Å². The molecule has 0 bridgehead atoms. The van der Waals surface area contributed by atoms with Crippen LogP contribution in [0.2, 0.25) is 5.02 Å². The number of carbonyl (C=O) groups is 2. The fourth-order valence-electron chi connectivity index (χ4n) is 1.89. The third-order valence-corrected chi connectivity index (χ3v) is 3.20. The van der Waals surface area contributed by atoms with Crippen molar-refractivity contribution >= 4 is 29.2 Å². The van der Waals surface area contributed by atoms with Crippen molar-refractivity contribution in [3.63, 3.8) is 0 Å². The molecule has 1 amide bonds. The second-order valence-electron chi connectivity index (χ2n) is 4.91. The Labute approximate surface area is 150 Å². The summed E-state index contributed by atoms with van der Waals surface area (Å²) in [4.78, 5) is 23.3. The standard InChI is InChI=1S/C18H18ClNO5/c1-2-23-15-6-8-16(9-7-15)24-12-18(22)25-11-17(21)20-14-5-3-4-13(19)10-14/h3-10H,2,11-12H2,1H3,(H,20,21). The van der Waals surface area contributed by atoms with Crippen molar-refractivity contribution in [1.82, 2.24) is 0 Å². The Kier molecular flexibility index (Phi) is 7.10. The lowest BCUT2D eigenvalue weighted by atomic mass is 10.3. The SMILES string of the molecule is CCOc1ccc(OCC(=O)OCC(=O)Nc2cccc(Cl)c2)cc1. The molecule has 2 rings (SSSR count). The van der Waals surface area contributed by atoms with Crippen LogP contribution in [-0.4, -0.2) is 31.7 Å². The van der Waals surface area contributed by atoms with Crippen LogP contribution in [0.3, 0.4) is 0 Å². The smallest absolute Gasteiger partial charge is 0.344 e. The molecule has 0 saturated carbocycles. The van der Waals surface area contributed by atoms with E-state index in [1.54, 1.807) is 48.5 Å². The molecule has 25 heavy (non-hydrogen) atoms. The number of rotatable bonds is 8. The number of ether oxygens (including phenoxy) is 3. The Hall–Kier alpha value is -2.73. The Morgan fingerprint density at radius 2 is 1.68 bits per heavy atom. The van der Waals surface area contributed by atoms with Gasteiger partial charge in [-0.15, -0.1) is 0 Å². The van der Waals surface area contributed by atoms with Crippen LogP contribution in [0.25, 0.3) is 0 Å². The van der Waals surface area contributed by atoms with Crippen molar-refractivity contribution in [1.29, 1.82) is 0 Å². The van der Waals surface area contributed by atoms with E-state index in [0.717, 1.165) is 5.75 Å². The van der Waals surface area contributed by atoms with Crippen LogP contribution < -0.4 is 14.8 Å². The fraction of sp³-hybridized carbons (Fsp3) is 0.222. The number of benzene rings is 2. The van der Waals surface area contributed by atoms with E-state index in [9.17, 15) is 9.59 Å². The lowest BCUT2D eigenvalue weighted by molar-refractivity contribution is -0.149. The Bertz CT molecular complexity index is 718. The number of halogens is 1. The van der Waals surface area contributed by atoms with Crippen LogP contribution >= 0.6 is 11.6 Å². The summed E-state index contributed by atoms with van der Waals surface area (Å²) in [6, 6.07) is 13.5. The van der Waals surface area contributed by atoms with E-state index in [1.165, 1.54) is 0 Å².